The number of hydrogen-bond donors (Lipinski definition) is 0. The van der Waals surface area contributed by atoms with E-state index in [4.69, 9.17) is 9.47 Å². The van der Waals surface area contributed by atoms with Gasteiger partial charge in [-0.15, -0.1) is 0 Å². The van der Waals surface area contributed by atoms with Crippen LogP contribution in [0.4, 0.5) is 13.2 Å². The van der Waals surface area contributed by atoms with Gasteiger partial charge in [0.25, 0.3) is 0 Å². The van der Waals surface area contributed by atoms with E-state index < -0.39 is 35.4 Å². The zero-order valence-corrected chi connectivity index (χ0v) is 21.8. The van der Waals surface area contributed by atoms with Crippen LogP contribution in [0.3, 0.4) is 0 Å². The molecule has 1 aromatic carbocycles. The topological polar surface area (TPSA) is 88.5 Å². The minimum Gasteiger partial charge on any atom is -0.466 e. The van der Waals surface area contributed by atoms with Crippen LogP contribution in [-0.2, 0) is 23.9 Å². The number of esters is 2. The van der Waals surface area contributed by atoms with E-state index >= 15 is 0 Å². The van der Waals surface area contributed by atoms with Crippen molar-refractivity contribution in [1.82, 2.24) is 9.80 Å². The number of halogens is 3. The number of rotatable bonds is 7. The first-order chi connectivity index (χ1) is 18.2. The van der Waals surface area contributed by atoms with Gasteiger partial charge in [-0.05, 0) is 37.7 Å². The maximum absolute atomic E-state index is 14.1. The predicted octanol–water partition coefficient (Wildman–Crippen LogP) is 4.56. The summed E-state index contributed by atoms with van der Waals surface area (Å²) >= 11 is 0.963. The Morgan fingerprint density at radius 2 is 1.82 bits per heavy atom. The van der Waals surface area contributed by atoms with Crippen molar-refractivity contribution in [1.29, 1.82) is 0 Å². The van der Waals surface area contributed by atoms with Gasteiger partial charge in [-0.25, -0.2) is 9.79 Å². The van der Waals surface area contributed by atoms with Crippen molar-refractivity contribution in [3.05, 3.63) is 58.3 Å². The van der Waals surface area contributed by atoms with Gasteiger partial charge in [0.15, 0.2) is 10.9 Å². The molecule has 3 aliphatic heterocycles. The number of amides is 1. The number of allylic oxidation sites excluding steroid dienone is 1. The molecule has 204 valence electrons. The van der Waals surface area contributed by atoms with Crippen LogP contribution >= 0.6 is 11.8 Å². The Morgan fingerprint density at radius 3 is 2.47 bits per heavy atom. The summed E-state index contributed by atoms with van der Waals surface area (Å²) in [4.78, 5) is 45.4. The van der Waals surface area contributed by atoms with Crippen LogP contribution in [0.2, 0.25) is 0 Å². The van der Waals surface area contributed by atoms with Crippen molar-refractivity contribution in [2.75, 3.05) is 26.3 Å². The number of piperidine rings is 1. The van der Waals surface area contributed by atoms with Crippen molar-refractivity contribution in [2.24, 2.45) is 10.9 Å². The number of nitrogens with zero attached hydrogens (tertiary/aromatic N) is 3. The highest BCUT2D eigenvalue weighted by Crippen LogP contribution is 2.48. The molecule has 0 aliphatic carbocycles. The van der Waals surface area contributed by atoms with Gasteiger partial charge in [-0.3, -0.25) is 9.59 Å². The number of amidine groups is 1. The zero-order chi connectivity index (χ0) is 27.4. The minimum absolute atomic E-state index is 0.0186. The van der Waals surface area contributed by atoms with Gasteiger partial charge in [-0.1, -0.05) is 42.1 Å². The van der Waals surface area contributed by atoms with E-state index in [1.54, 1.807) is 47.6 Å². The van der Waals surface area contributed by atoms with E-state index in [9.17, 15) is 27.6 Å². The van der Waals surface area contributed by atoms with Crippen LogP contribution in [-0.4, -0.2) is 65.3 Å². The largest absolute Gasteiger partial charge is 0.466 e. The summed E-state index contributed by atoms with van der Waals surface area (Å²) < 4.78 is 52.5. The van der Waals surface area contributed by atoms with Gasteiger partial charge in [0.1, 0.15) is 0 Å². The third kappa shape index (κ3) is 5.74. The van der Waals surface area contributed by atoms with Gasteiger partial charge in [0, 0.05) is 18.8 Å². The molecule has 4 rings (SSSR count). The van der Waals surface area contributed by atoms with Gasteiger partial charge < -0.3 is 19.3 Å². The van der Waals surface area contributed by atoms with E-state index in [1.165, 1.54) is 11.8 Å². The van der Waals surface area contributed by atoms with Gasteiger partial charge in [-0.2, -0.15) is 13.2 Å². The number of carbonyl (C=O) groups excluding carboxylic acids is 3. The number of fused-ring (bicyclic) bond motifs is 1. The molecule has 8 nitrogen and oxygen atoms in total. The smallest absolute Gasteiger partial charge is 0.434 e. The summed E-state index contributed by atoms with van der Waals surface area (Å²) in [5, 5.41) is 1.60. The van der Waals surface area contributed by atoms with Gasteiger partial charge in [0.2, 0.25) is 5.91 Å². The molecule has 1 saturated heterocycles. The molecule has 1 amide bonds. The summed E-state index contributed by atoms with van der Waals surface area (Å²) in [6.45, 7) is 4.05. The Labute approximate surface area is 222 Å². The molecule has 3 aliphatic rings. The van der Waals surface area contributed by atoms with E-state index in [1.807, 2.05) is 0 Å². The minimum atomic E-state index is -4.90. The molecule has 0 bridgehead atoms. The molecule has 1 aromatic rings. The van der Waals surface area contributed by atoms with Crippen molar-refractivity contribution in [3.8, 4) is 0 Å². The number of ether oxygens (including phenoxy) is 2. The van der Waals surface area contributed by atoms with Gasteiger partial charge >= 0.3 is 18.1 Å². The molecule has 12 heteroatoms. The number of thioether (sulfide) groups is 1. The predicted molar refractivity (Wildman–Crippen MR) is 134 cm³/mol. The number of carbonyl (C=O) groups is 3. The van der Waals surface area contributed by atoms with E-state index in [-0.39, 0.29) is 43.2 Å². The summed E-state index contributed by atoms with van der Waals surface area (Å²) in [5.41, 5.74) is -1.10. The van der Waals surface area contributed by atoms with Crippen molar-refractivity contribution in [3.63, 3.8) is 0 Å². The second kappa shape index (κ2) is 11.6. The summed E-state index contributed by atoms with van der Waals surface area (Å²) in [7, 11) is 0. The molecule has 0 radical (unpaired) electrons. The molecule has 1 fully saturated rings. The van der Waals surface area contributed by atoms with Crippen molar-refractivity contribution >= 4 is 34.8 Å². The molecule has 2 unspecified atom stereocenters. The molecular formula is C26H28F3N3O5S. The van der Waals surface area contributed by atoms with Crippen LogP contribution in [0.25, 0.3) is 0 Å². The van der Waals surface area contributed by atoms with Crippen molar-refractivity contribution in [2.45, 2.75) is 45.3 Å². The van der Waals surface area contributed by atoms with Crippen LogP contribution in [0.15, 0.2) is 57.7 Å². The average Bonchev–Trinajstić information content (AvgIpc) is 3.30. The molecule has 0 aromatic heterocycles. The fraction of sp³-hybridized carbons (Fsp3) is 0.462. The standard InChI is InChI=1S/C26H28F3N3O5S/c1-3-36-23(34)17-11-8-12-31(14-17)19(33)13-18-15-38-25-30-22(26(27,28)29)20(24(35)37-4-2)21(32(18)25)16-9-6-5-7-10-16/h5-7,9-10,15,17,21H,3-4,8,11-14H2,1-2H3. The van der Waals surface area contributed by atoms with Crippen LogP contribution in [0.1, 0.15) is 44.7 Å². The first-order valence-electron chi connectivity index (χ1n) is 12.4. The van der Waals surface area contributed by atoms with E-state index in [0.717, 1.165) is 11.8 Å². The van der Waals surface area contributed by atoms with E-state index in [2.05, 4.69) is 4.99 Å². The highest BCUT2D eigenvalue weighted by atomic mass is 32.2. The lowest BCUT2D eigenvalue weighted by molar-refractivity contribution is -0.151. The van der Waals surface area contributed by atoms with Crippen LogP contribution in [0.5, 0.6) is 0 Å². The highest BCUT2D eigenvalue weighted by Gasteiger charge is 2.49. The summed E-state index contributed by atoms with van der Waals surface area (Å²) in [6.07, 6.45) is -3.78. The molecular weight excluding hydrogens is 523 g/mol. The normalized spacial score (nSPS) is 21.5. The lowest BCUT2D eigenvalue weighted by atomic mass is 9.93. The first-order valence-corrected chi connectivity index (χ1v) is 13.2. The van der Waals surface area contributed by atoms with Crippen LogP contribution in [0, 0.1) is 5.92 Å². The second-order valence-corrected chi connectivity index (χ2v) is 9.73. The first kappa shape index (κ1) is 27.7. The number of aliphatic imine (C=N–C) groups is 1. The summed E-state index contributed by atoms with van der Waals surface area (Å²) in [5.74, 6) is -2.16. The highest BCUT2D eigenvalue weighted by molar-refractivity contribution is 8.16. The quantitative estimate of drug-likeness (QED) is 0.459. The Morgan fingerprint density at radius 1 is 1.11 bits per heavy atom. The fourth-order valence-electron chi connectivity index (χ4n) is 4.76. The zero-order valence-electron chi connectivity index (χ0n) is 21.0. The molecule has 38 heavy (non-hydrogen) atoms. The Kier molecular flexibility index (Phi) is 8.49. The monoisotopic (exact) mass is 551 g/mol. The fourth-order valence-corrected chi connectivity index (χ4v) is 5.68. The van der Waals surface area contributed by atoms with Crippen molar-refractivity contribution < 1.29 is 37.0 Å². The number of hydrogen-bond acceptors (Lipinski definition) is 8. The molecule has 3 heterocycles. The molecule has 0 spiro atoms. The van der Waals surface area contributed by atoms with E-state index in [0.29, 0.717) is 30.6 Å². The number of likely N-dealkylation sites (tertiary alicyclic amines) is 1. The molecule has 0 saturated carbocycles. The SMILES string of the molecule is CCOC(=O)C1=C(C(F)(F)F)N=C2SC=C(CC(=O)N3CCCC(C(=O)OCC)C3)N2C1c1ccccc1. The third-order valence-electron chi connectivity index (χ3n) is 6.42. The average molecular weight is 552 g/mol. The Balaban J connectivity index is 1.66. The number of alkyl halides is 3. The van der Waals surface area contributed by atoms with Gasteiger partial charge in [0.05, 0.1) is 37.2 Å². The molecule has 2 atom stereocenters. The lowest BCUT2D eigenvalue weighted by Gasteiger charge is -2.37. The second-order valence-electron chi connectivity index (χ2n) is 8.89. The Hall–Kier alpha value is -3.28. The maximum atomic E-state index is 14.1. The molecule has 0 N–H and O–H groups in total. The Bertz CT molecular complexity index is 1180. The third-order valence-corrected chi connectivity index (χ3v) is 7.30. The lowest BCUT2D eigenvalue weighted by Crippen LogP contribution is -2.44. The maximum Gasteiger partial charge on any atom is 0.434 e. The summed E-state index contributed by atoms with van der Waals surface area (Å²) in [6, 6.07) is 7.10. The van der Waals surface area contributed by atoms with Crippen LogP contribution < -0.4 is 0 Å². The number of benzene rings is 1.